The maximum absolute atomic E-state index is 3.89. The highest BCUT2D eigenvalue weighted by atomic mass is 14.2. The molecule has 1 aromatic carbocycles. The van der Waals surface area contributed by atoms with E-state index in [4.69, 9.17) is 0 Å². The van der Waals surface area contributed by atoms with E-state index in [9.17, 15) is 0 Å². The molecule has 0 N–H and O–H groups in total. The van der Waals surface area contributed by atoms with Crippen LogP contribution in [0, 0.1) is 6.92 Å². The third-order valence-electron chi connectivity index (χ3n) is 4.02. The van der Waals surface area contributed by atoms with E-state index >= 15 is 0 Å². The van der Waals surface area contributed by atoms with Crippen molar-refractivity contribution in [3.8, 4) is 0 Å². The second kappa shape index (κ2) is 6.83. The number of hydrogen-bond donors (Lipinski definition) is 0. The molecule has 1 aromatic rings. The molecule has 1 radical (unpaired) electrons. The Labute approximate surface area is 106 Å². The van der Waals surface area contributed by atoms with E-state index in [1.54, 1.807) is 5.56 Å². The van der Waals surface area contributed by atoms with Crippen molar-refractivity contribution in [2.45, 2.75) is 63.7 Å². The van der Waals surface area contributed by atoms with Gasteiger partial charge in [0.25, 0.3) is 0 Å². The van der Waals surface area contributed by atoms with E-state index in [-0.39, 0.29) is 0 Å². The van der Waals surface area contributed by atoms with E-state index in [1.807, 2.05) is 0 Å². The lowest BCUT2D eigenvalue weighted by molar-refractivity contribution is 0.443. The van der Waals surface area contributed by atoms with Crippen LogP contribution in [-0.4, -0.2) is 0 Å². The fourth-order valence-electron chi connectivity index (χ4n) is 2.90. The summed E-state index contributed by atoms with van der Waals surface area (Å²) in [5, 5.41) is 0. The summed E-state index contributed by atoms with van der Waals surface area (Å²) >= 11 is 0. The Bertz CT molecular complexity index is 303. The van der Waals surface area contributed by atoms with Crippen molar-refractivity contribution in [2.75, 3.05) is 0 Å². The van der Waals surface area contributed by atoms with Crippen LogP contribution in [0.3, 0.4) is 0 Å². The first kappa shape index (κ1) is 12.7. The maximum atomic E-state index is 3.89. The Kier molecular flexibility index (Phi) is 5.09. The van der Waals surface area contributed by atoms with Crippen LogP contribution < -0.4 is 0 Å². The lowest BCUT2D eigenvalue weighted by Crippen LogP contribution is -2.04. The monoisotopic (exact) mass is 229 g/mol. The molecule has 0 saturated heterocycles. The molecular weight excluding hydrogens is 204 g/mol. The molecule has 1 saturated carbocycles. The Morgan fingerprint density at radius 3 is 2.29 bits per heavy atom. The standard InChI is InChI=1S/C17H25/c1-2-3-5-8-15-11-13-17(14-12-15)16-9-6-4-7-10-16/h11-14,16H,1-10H2. The largest absolute Gasteiger partial charge is 0.0588 e. The van der Waals surface area contributed by atoms with Crippen molar-refractivity contribution >= 4 is 0 Å². The van der Waals surface area contributed by atoms with Crippen molar-refractivity contribution in [1.82, 2.24) is 0 Å². The van der Waals surface area contributed by atoms with Crippen LogP contribution in [0.2, 0.25) is 0 Å². The van der Waals surface area contributed by atoms with Crippen LogP contribution in [0.15, 0.2) is 24.3 Å². The summed E-state index contributed by atoms with van der Waals surface area (Å²) in [5.41, 5.74) is 3.07. The molecule has 1 fully saturated rings. The second-order valence-electron chi connectivity index (χ2n) is 5.39. The first-order valence-electron chi connectivity index (χ1n) is 7.28. The highest BCUT2D eigenvalue weighted by Gasteiger charge is 2.14. The molecule has 0 heterocycles. The first-order chi connectivity index (χ1) is 8.40. The van der Waals surface area contributed by atoms with Gasteiger partial charge in [0, 0.05) is 0 Å². The molecule has 0 atom stereocenters. The molecule has 0 amide bonds. The van der Waals surface area contributed by atoms with Crippen LogP contribution in [0.25, 0.3) is 0 Å². The van der Waals surface area contributed by atoms with Gasteiger partial charge in [-0.25, -0.2) is 0 Å². The zero-order valence-electron chi connectivity index (χ0n) is 11.0. The van der Waals surface area contributed by atoms with Crippen molar-refractivity contribution in [2.24, 2.45) is 0 Å². The van der Waals surface area contributed by atoms with Crippen LogP contribution in [0.5, 0.6) is 0 Å². The lowest BCUT2D eigenvalue weighted by atomic mass is 9.84. The minimum Gasteiger partial charge on any atom is -0.0588 e. The number of benzene rings is 1. The van der Waals surface area contributed by atoms with Gasteiger partial charge in [-0.2, -0.15) is 0 Å². The quantitative estimate of drug-likeness (QED) is 0.602. The molecule has 1 aliphatic carbocycles. The molecule has 0 aliphatic heterocycles. The fraction of sp³-hybridized carbons (Fsp3) is 0.588. The zero-order chi connectivity index (χ0) is 11.9. The van der Waals surface area contributed by atoms with Gasteiger partial charge in [0.05, 0.1) is 0 Å². The first-order valence-corrected chi connectivity index (χ1v) is 7.28. The number of unbranched alkanes of at least 4 members (excludes halogenated alkanes) is 2. The molecule has 0 bridgehead atoms. The van der Waals surface area contributed by atoms with Gasteiger partial charge in [-0.05, 0) is 42.7 Å². The summed E-state index contributed by atoms with van der Waals surface area (Å²) in [6.45, 7) is 3.89. The van der Waals surface area contributed by atoms with Gasteiger partial charge in [0.1, 0.15) is 0 Å². The van der Waals surface area contributed by atoms with E-state index in [0.29, 0.717) is 0 Å². The molecule has 17 heavy (non-hydrogen) atoms. The molecular formula is C17H25. The minimum atomic E-state index is 0.845. The third-order valence-corrected chi connectivity index (χ3v) is 4.02. The number of rotatable bonds is 5. The normalized spacial score (nSPS) is 17.2. The SMILES string of the molecule is [CH2]CCCCc1ccc(C2CCCCC2)cc1. The van der Waals surface area contributed by atoms with Crippen molar-refractivity contribution in [3.05, 3.63) is 42.3 Å². The molecule has 0 unspecified atom stereocenters. The van der Waals surface area contributed by atoms with E-state index < -0.39 is 0 Å². The van der Waals surface area contributed by atoms with Gasteiger partial charge in [0.15, 0.2) is 0 Å². The van der Waals surface area contributed by atoms with Crippen LogP contribution >= 0.6 is 0 Å². The zero-order valence-corrected chi connectivity index (χ0v) is 11.0. The summed E-state index contributed by atoms with van der Waals surface area (Å²) in [4.78, 5) is 0. The second-order valence-corrected chi connectivity index (χ2v) is 5.39. The number of aryl methyl sites for hydroxylation is 1. The average molecular weight is 229 g/mol. The minimum absolute atomic E-state index is 0.845. The summed E-state index contributed by atoms with van der Waals surface area (Å²) < 4.78 is 0. The van der Waals surface area contributed by atoms with E-state index in [1.165, 1.54) is 56.9 Å². The third kappa shape index (κ3) is 3.87. The summed E-state index contributed by atoms with van der Waals surface area (Å²) in [5.74, 6) is 0.845. The Balaban J connectivity index is 1.88. The Hall–Kier alpha value is -0.780. The molecule has 1 aliphatic rings. The molecule has 0 nitrogen and oxygen atoms in total. The average Bonchev–Trinajstić information content (AvgIpc) is 2.41. The molecule has 93 valence electrons. The smallest absolute Gasteiger partial charge is 0.0162 e. The predicted octanol–water partition coefficient (Wildman–Crippen LogP) is 5.28. The molecule has 0 heteroatoms. The van der Waals surface area contributed by atoms with Crippen LogP contribution in [0.4, 0.5) is 0 Å². The lowest BCUT2D eigenvalue weighted by Gasteiger charge is -2.22. The van der Waals surface area contributed by atoms with Gasteiger partial charge in [0.2, 0.25) is 0 Å². The van der Waals surface area contributed by atoms with Gasteiger partial charge in [-0.1, -0.05) is 63.3 Å². The van der Waals surface area contributed by atoms with Gasteiger partial charge >= 0.3 is 0 Å². The Morgan fingerprint density at radius 2 is 1.65 bits per heavy atom. The Morgan fingerprint density at radius 1 is 0.941 bits per heavy atom. The van der Waals surface area contributed by atoms with Crippen LogP contribution in [-0.2, 0) is 6.42 Å². The highest BCUT2D eigenvalue weighted by molar-refractivity contribution is 5.25. The fourth-order valence-corrected chi connectivity index (χ4v) is 2.90. The van der Waals surface area contributed by atoms with E-state index in [0.717, 1.165) is 12.3 Å². The predicted molar refractivity (Wildman–Crippen MR) is 75.2 cm³/mol. The molecule has 2 rings (SSSR count). The maximum Gasteiger partial charge on any atom is -0.0162 e. The number of hydrogen-bond acceptors (Lipinski definition) is 0. The van der Waals surface area contributed by atoms with Gasteiger partial charge in [-0.15, -0.1) is 0 Å². The van der Waals surface area contributed by atoms with Crippen LogP contribution in [0.1, 0.15) is 68.4 Å². The molecule has 0 aromatic heterocycles. The van der Waals surface area contributed by atoms with E-state index in [2.05, 4.69) is 31.2 Å². The molecule has 0 spiro atoms. The topological polar surface area (TPSA) is 0 Å². The highest BCUT2D eigenvalue weighted by Crippen LogP contribution is 2.32. The van der Waals surface area contributed by atoms with Crippen molar-refractivity contribution in [3.63, 3.8) is 0 Å². The van der Waals surface area contributed by atoms with Crippen molar-refractivity contribution in [1.29, 1.82) is 0 Å². The van der Waals surface area contributed by atoms with Gasteiger partial charge < -0.3 is 0 Å². The summed E-state index contributed by atoms with van der Waals surface area (Å²) in [6.07, 6.45) is 11.9. The van der Waals surface area contributed by atoms with Gasteiger partial charge in [-0.3, -0.25) is 0 Å². The summed E-state index contributed by atoms with van der Waals surface area (Å²) in [7, 11) is 0. The summed E-state index contributed by atoms with van der Waals surface area (Å²) in [6, 6.07) is 9.42. The van der Waals surface area contributed by atoms with Crippen molar-refractivity contribution < 1.29 is 0 Å².